The molecule has 1 aromatic heterocycles. The fourth-order valence-electron chi connectivity index (χ4n) is 2.01. The molecule has 0 saturated carbocycles. The second kappa shape index (κ2) is 3.51. The summed E-state index contributed by atoms with van der Waals surface area (Å²) >= 11 is 0. The maximum atomic E-state index is 5.42. The minimum Gasteiger partial charge on any atom is -0.376 e. The molecular formula is C12H11NO2. The highest BCUT2D eigenvalue weighted by atomic mass is 16.5. The smallest absolute Gasteiger partial charge is 0.124 e. The number of benzene rings is 1. The summed E-state index contributed by atoms with van der Waals surface area (Å²) in [4.78, 5) is 0. The summed E-state index contributed by atoms with van der Waals surface area (Å²) in [7, 11) is 0. The van der Waals surface area contributed by atoms with Crippen molar-refractivity contribution in [2.45, 2.75) is 13.0 Å². The summed E-state index contributed by atoms with van der Waals surface area (Å²) in [6.07, 6.45) is 2.56. The third-order valence-electron chi connectivity index (χ3n) is 2.74. The standard InChI is InChI=1S/C12H11NO2/c1-2-9-8-14-6-4-10(9)11(3-1)12-5-7-15-13-12/h1-3,5,7H,4,6,8H2. The van der Waals surface area contributed by atoms with Crippen LogP contribution in [0.25, 0.3) is 11.3 Å². The van der Waals surface area contributed by atoms with E-state index in [2.05, 4.69) is 17.3 Å². The van der Waals surface area contributed by atoms with Crippen molar-refractivity contribution < 1.29 is 9.26 Å². The van der Waals surface area contributed by atoms with E-state index in [1.165, 1.54) is 16.7 Å². The fourth-order valence-corrected chi connectivity index (χ4v) is 2.01. The number of aromatic nitrogens is 1. The molecular weight excluding hydrogens is 190 g/mol. The lowest BCUT2D eigenvalue weighted by Crippen LogP contribution is -2.10. The highest BCUT2D eigenvalue weighted by Gasteiger charge is 2.15. The van der Waals surface area contributed by atoms with Crippen LogP contribution in [0.3, 0.4) is 0 Å². The Morgan fingerprint density at radius 2 is 2.20 bits per heavy atom. The van der Waals surface area contributed by atoms with E-state index in [4.69, 9.17) is 9.26 Å². The van der Waals surface area contributed by atoms with E-state index < -0.39 is 0 Å². The predicted octanol–water partition coefficient (Wildman–Crippen LogP) is 2.41. The molecule has 76 valence electrons. The maximum Gasteiger partial charge on any atom is 0.124 e. The molecule has 3 rings (SSSR count). The quantitative estimate of drug-likeness (QED) is 0.710. The largest absolute Gasteiger partial charge is 0.376 e. The minimum atomic E-state index is 0.709. The van der Waals surface area contributed by atoms with Gasteiger partial charge >= 0.3 is 0 Å². The van der Waals surface area contributed by atoms with Gasteiger partial charge in [-0.2, -0.15) is 0 Å². The molecule has 0 spiro atoms. The van der Waals surface area contributed by atoms with Crippen LogP contribution in [0.1, 0.15) is 11.1 Å². The Kier molecular flexibility index (Phi) is 2.03. The van der Waals surface area contributed by atoms with Crippen molar-refractivity contribution in [1.29, 1.82) is 0 Å². The van der Waals surface area contributed by atoms with Crippen molar-refractivity contribution in [3.8, 4) is 11.3 Å². The highest BCUT2D eigenvalue weighted by molar-refractivity contribution is 5.65. The lowest BCUT2D eigenvalue weighted by atomic mass is 9.95. The molecule has 1 aliphatic rings. The van der Waals surface area contributed by atoms with Gasteiger partial charge in [-0.05, 0) is 17.5 Å². The third-order valence-corrected chi connectivity index (χ3v) is 2.74. The Labute approximate surface area is 87.7 Å². The average Bonchev–Trinajstić information content (AvgIpc) is 2.82. The van der Waals surface area contributed by atoms with E-state index in [0.29, 0.717) is 6.61 Å². The number of hydrogen-bond acceptors (Lipinski definition) is 3. The monoisotopic (exact) mass is 201 g/mol. The molecule has 0 radical (unpaired) electrons. The van der Waals surface area contributed by atoms with Crippen molar-refractivity contribution in [2.24, 2.45) is 0 Å². The number of fused-ring (bicyclic) bond motifs is 1. The van der Waals surface area contributed by atoms with Gasteiger partial charge in [-0.1, -0.05) is 23.4 Å². The van der Waals surface area contributed by atoms with E-state index in [1.54, 1.807) is 6.26 Å². The zero-order valence-electron chi connectivity index (χ0n) is 8.27. The molecule has 2 heterocycles. The van der Waals surface area contributed by atoms with Gasteiger partial charge in [-0.3, -0.25) is 0 Å². The Morgan fingerprint density at radius 1 is 1.20 bits per heavy atom. The lowest BCUT2D eigenvalue weighted by molar-refractivity contribution is 0.111. The predicted molar refractivity (Wildman–Crippen MR) is 55.3 cm³/mol. The normalized spacial score (nSPS) is 14.9. The van der Waals surface area contributed by atoms with Crippen LogP contribution < -0.4 is 0 Å². The number of ether oxygens (including phenoxy) is 1. The van der Waals surface area contributed by atoms with Crippen LogP contribution in [0.5, 0.6) is 0 Å². The summed E-state index contributed by atoms with van der Waals surface area (Å²) in [5, 5.41) is 3.98. The Morgan fingerprint density at radius 3 is 3.07 bits per heavy atom. The molecule has 0 N–H and O–H groups in total. The third kappa shape index (κ3) is 1.45. The molecule has 0 amide bonds. The zero-order valence-corrected chi connectivity index (χ0v) is 8.27. The molecule has 2 aromatic rings. The van der Waals surface area contributed by atoms with Gasteiger partial charge in [0.2, 0.25) is 0 Å². The van der Waals surface area contributed by atoms with E-state index in [-0.39, 0.29) is 0 Å². The summed E-state index contributed by atoms with van der Waals surface area (Å²) in [6.45, 7) is 1.50. The second-order valence-corrected chi connectivity index (χ2v) is 3.63. The first kappa shape index (κ1) is 8.68. The molecule has 0 saturated heterocycles. The van der Waals surface area contributed by atoms with Crippen LogP contribution in [-0.4, -0.2) is 11.8 Å². The maximum absolute atomic E-state index is 5.42. The van der Waals surface area contributed by atoms with Crippen LogP contribution in [0.2, 0.25) is 0 Å². The van der Waals surface area contributed by atoms with Crippen molar-refractivity contribution in [3.63, 3.8) is 0 Å². The van der Waals surface area contributed by atoms with E-state index in [1.807, 2.05) is 12.1 Å². The summed E-state index contributed by atoms with van der Waals surface area (Å²) in [5.41, 5.74) is 4.69. The second-order valence-electron chi connectivity index (χ2n) is 3.63. The summed E-state index contributed by atoms with van der Waals surface area (Å²) in [6, 6.07) is 8.13. The first-order chi connectivity index (χ1) is 7.45. The Hall–Kier alpha value is -1.61. The van der Waals surface area contributed by atoms with Gasteiger partial charge in [0.25, 0.3) is 0 Å². The van der Waals surface area contributed by atoms with Crippen LogP contribution in [0.4, 0.5) is 0 Å². The molecule has 0 atom stereocenters. The molecule has 1 aromatic carbocycles. The highest BCUT2D eigenvalue weighted by Crippen LogP contribution is 2.28. The molecule has 3 heteroatoms. The van der Waals surface area contributed by atoms with Gasteiger partial charge in [-0.15, -0.1) is 0 Å². The average molecular weight is 201 g/mol. The fraction of sp³-hybridized carbons (Fsp3) is 0.250. The van der Waals surface area contributed by atoms with E-state index in [0.717, 1.165) is 18.7 Å². The molecule has 0 fully saturated rings. The van der Waals surface area contributed by atoms with Crippen LogP contribution in [-0.2, 0) is 17.8 Å². The van der Waals surface area contributed by atoms with Crippen molar-refractivity contribution in [3.05, 3.63) is 41.7 Å². The van der Waals surface area contributed by atoms with Crippen molar-refractivity contribution in [2.75, 3.05) is 6.61 Å². The van der Waals surface area contributed by atoms with E-state index in [9.17, 15) is 0 Å². The minimum absolute atomic E-state index is 0.709. The van der Waals surface area contributed by atoms with Crippen molar-refractivity contribution in [1.82, 2.24) is 5.16 Å². The van der Waals surface area contributed by atoms with Gasteiger partial charge in [0.1, 0.15) is 12.0 Å². The number of rotatable bonds is 1. The van der Waals surface area contributed by atoms with Crippen LogP contribution >= 0.6 is 0 Å². The summed E-state index contributed by atoms with van der Waals surface area (Å²) in [5.74, 6) is 0. The molecule has 0 bridgehead atoms. The van der Waals surface area contributed by atoms with Crippen molar-refractivity contribution >= 4 is 0 Å². The lowest BCUT2D eigenvalue weighted by Gasteiger charge is -2.18. The van der Waals surface area contributed by atoms with E-state index >= 15 is 0 Å². The van der Waals surface area contributed by atoms with Gasteiger partial charge < -0.3 is 9.26 Å². The molecule has 0 aliphatic carbocycles. The molecule has 0 unspecified atom stereocenters. The Balaban J connectivity index is 2.15. The van der Waals surface area contributed by atoms with Gasteiger partial charge in [0.15, 0.2) is 0 Å². The van der Waals surface area contributed by atoms with Gasteiger partial charge in [0.05, 0.1) is 13.2 Å². The first-order valence-electron chi connectivity index (χ1n) is 5.04. The number of nitrogens with zero attached hydrogens (tertiary/aromatic N) is 1. The van der Waals surface area contributed by atoms with Gasteiger partial charge in [-0.25, -0.2) is 0 Å². The zero-order chi connectivity index (χ0) is 10.1. The number of hydrogen-bond donors (Lipinski definition) is 0. The SMILES string of the molecule is c1cc2c(c(-c3ccon3)c1)CCOC2. The summed E-state index contributed by atoms with van der Waals surface area (Å²) < 4.78 is 10.3. The molecule has 3 nitrogen and oxygen atoms in total. The van der Waals surface area contributed by atoms with Gasteiger partial charge in [0, 0.05) is 11.6 Å². The topological polar surface area (TPSA) is 35.3 Å². The van der Waals surface area contributed by atoms with Crippen LogP contribution in [0, 0.1) is 0 Å². The first-order valence-corrected chi connectivity index (χ1v) is 5.04. The molecule has 15 heavy (non-hydrogen) atoms. The molecule has 1 aliphatic heterocycles. The van der Waals surface area contributed by atoms with Crippen LogP contribution in [0.15, 0.2) is 35.1 Å². The Bertz CT molecular complexity index is 462.